The SMILES string of the molecule is COc1ccccc1Cn1cncc1C(N)C(C)C. The third-order valence-electron chi connectivity index (χ3n) is 3.34. The van der Waals surface area contributed by atoms with Crippen molar-refractivity contribution < 1.29 is 4.74 Å². The lowest BCUT2D eigenvalue weighted by Gasteiger charge is -2.18. The molecule has 19 heavy (non-hydrogen) atoms. The highest BCUT2D eigenvalue weighted by atomic mass is 16.5. The van der Waals surface area contributed by atoms with E-state index in [1.807, 2.05) is 30.7 Å². The summed E-state index contributed by atoms with van der Waals surface area (Å²) < 4.78 is 7.46. The van der Waals surface area contributed by atoms with Gasteiger partial charge in [-0.3, -0.25) is 0 Å². The van der Waals surface area contributed by atoms with Crippen molar-refractivity contribution in [2.24, 2.45) is 11.7 Å². The molecule has 0 bridgehead atoms. The lowest BCUT2D eigenvalue weighted by atomic mass is 10.0. The summed E-state index contributed by atoms with van der Waals surface area (Å²) in [5, 5.41) is 0. The summed E-state index contributed by atoms with van der Waals surface area (Å²) in [6.07, 6.45) is 3.67. The average molecular weight is 259 g/mol. The second kappa shape index (κ2) is 5.89. The minimum absolute atomic E-state index is 0.00259. The van der Waals surface area contributed by atoms with Gasteiger partial charge in [0.2, 0.25) is 0 Å². The van der Waals surface area contributed by atoms with Gasteiger partial charge < -0.3 is 15.0 Å². The van der Waals surface area contributed by atoms with Crippen LogP contribution >= 0.6 is 0 Å². The van der Waals surface area contributed by atoms with Gasteiger partial charge in [-0.15, -0.1) is 0 Å². The number of imidazole rings is 1. The number of aromatic nitrogens is 2. The first-order valence-corrected chi connectivity index (χ1v) is 6.51. The van der Waals surface area contributed by atoms with Crippen molar-refractivity contribution in [3.63, 3.8) is 0 Å². The number of nitrogens with zero attached hydrogens (tertiary/aromatic N) is 2. The standard InChI is InChI=1S/C15H21N3O/c1-11(2)15(16)13-8-17-10-18(13)9-12-6-4-5-7-14(12)19-3/h4-8,10-11,15H,9,16H2,1-3H3. The largest absolute Gasteiger partial charge is 0.496 e. The predicted octanol–water partition coefficient (Wildman–Crippen LogP) is 2.60. The van der Waals surface area contributed by atoms with E-state index >= 15 is 0 Å². The van der Waals surface area contributed by atoms with E-state index in [4.69, 9.17) is 10.5 Å². The molecule has 102 valence electrons. The van der Waals surface area contributed by atoms with Crippen molar-refractivity contribution in [2.45, 2.75) is 26.4 Å². The summed E-state index contributed by atoms with van der Waals surface area (Å²) in [7, 11) is 1.69. The zero-order valence-corrected chi connectivity index (χ0v) is 11.7. The van der Waals surface area contributed by atoms with Crippen molar-refractivity contribution in [3.8, 4) is 5.75 Å². The van der Waals surface area contributed by atoms with Gasteiger partial charge in [0.25, 0.3) is 0 Å². The molecule has 1 aromatic carbocycles. The fourth-order valence-corrected chi connectivity index (χ4v) is 2.10. The molecule has 1 heterocycles. The number of benzene rings is 1. The maximum atomic E-state index is 6.22. The van der Waals surface area contributed by atoms with Crippen LogP contribution in [0.1, 0.15) is 31.1 Å². The maximum Gasteiger partial charge on any atom is 0.123 e. The molecule has 0 radical (unpaired) electrons. The molecule has 0 aliphatic carbocycles. The van der Waals surface area contributed by atoms with Gasteiger partial charge >= 0.3 is 0 Å². The van der Waals surface area contributed by atoms with Gasteiger partial charge in [-0.05, 0) is 12.0 Å². The number of para-hydroxylation sites is 1. The van der Waals surface area contributed by atoms with Crippen molar-refractivity contribution in [2.75, 3.05) is 7.11 Å². The first-order chi connectivity index (χ1) is 9.13. The van der Waals surface area contributed by atoms with Crippen LogP contribution in [-0.4, -0.2) is 16.7 Å². The summed E-state index contributed by atoms with van der Waals surface area (Å²) in [6, 6.07) is 8.00. The minimum Gasteiger partial charge on any atom is -0.496 e. The monoisotopic (exact) mass is 259 g/mol. The van der Waals surface area contributed by atoms with Crippen LogP contribution in [0.25, 0.3) is 0 Å². The summed E-state index contributed by atoms with van der Waals surface area (Å²) in [4.78, 5) is 4.22. The molecular formula is C15H21N3O. The van der Waals surface area contributed by atoms with Crippen LogP contribution in [-0.2, 0) is 6.54 Å². The van der Waals surface area contributed by atoms with Crippen LogP contribution < -0.4 is 10.5 Å². The highest BCUT2D eigenvalue weighted by Gasteiger charge is 2.15. The molecule has 0 fully saturated rings. The van der Waals surface area contributed by atoms with E-state index in [9.17, 15) is 0 Å². The molecule has 1 unspecified atom stereocenters. The summed E-state index contributed by atoms with van der Waals surface area (Å²) in [6.45, 7) is 4.95. The molecule has 2 N–H and O–H groups in total. The van der Waals surface area contributed by atoms with Crippen LogP contribution in [0.2, 0.25) is 0 Å². The molecule has 4 heteroatoms. The highest BCUT2D eigenvalue weighted by Crippen LogP contribution is 2.22. The quantitative estimate of drug-likeness (QED) is 0.898. The molecule has 0 aliphatic heterocycles. The molecule has 2 rings (SSSR count). The van der Waals surface area contributed by atoms with Crippen LogP contribution in [0.15, 0.2) is 36.8 Å². The van der Waals surface area contributed by atoms with Gasteiger partial charge in [0.1, 0.15) is 5.75 Å². The molecule has 0 aliphatic rings. The number of methoxy groups -OCH3 is 1. The smallest absolute Gasteiger partial charge is 0.123 e. The Bertz CT molecular complexity index is 534. The van der Waals surface area contributed by atoms with E-state index in [0.29, 0.717) is 5.92 Å². The minimum atomic E-state index is -0.00259. The Hall–Kier alpha value is -1.81. The number of nitrogens with two attached hydrogens (primary N) is 1. The molecular weight excluding hydrogens is 238 g/mol. The zero-order chi connectivity index (χ0) is 13.8. The number of ether oxygens (including phenoxy) is 1. The van der Waals surface area contributed by atoms with E-state index in [2.05, 4.69) is 29.5 Å². The van der Waals surface area contributed by atoms with Crippen LogP contribution in [0.5, 0.6) is 5.75 Å². The molecule has 0 saturated carbocycles. The lowest BCUT2D eigenvalue weighted by molar-refractivity contribution is 0.407. The van der Waals surface area contributed by atoms with Gasteiger partial charge in [-0.1, -0.05) is 32.0 Å². The van der Waals surface area contributed by atoms with Gasteiger partial charge in [-0.2, -0.15) is 0 Å². The Balaban J connectivity index is 2.27. The molecule has 1 aromatic heterocycles. The maximum absolute atomic E-state index is 6.22. The Morgan fingerprint density at radius 1 is 1.32 bits per heavy atom. The van der Waals surface area contributed by atoms with Crippen molar-refractivity contribution in [3.05, 3.63) is 48.0 Å². The normalized spacial score (nSPS) is 12.7. The Morgan fingerprint density at radius 2 is 2.05 bits per heavy atom. The number of rotatable bonds is 5. The van der Waals surface area contributed by atoms with Crippen molar-refractivity contribution in [1.29, 1.82) is 0 Å². The average Bonchev–Trinajstić information content (AvgIpc) is 2.86. The number of hydrogen-bond donors (Lipinski definition) is 1. The Morgan fingerprint density at radius 3 is 2.74 bits per heavy atom. The van der Waals surface area contributed by atoms with Crippen LogP contribution in [0.3, 0.4) is 0 Å². The highest BCUT2D eigenvalue weighted by molar-refractivity contribution is 5.33. The molecule has 0 saturated heterocycles. The topological polar surface area (TPSA) is 53.1 Å². The Labute approximate surface area is 114 Å². The second-order valence-corrected chi connectivity index (χ2v) is 5.03. The first kappa shape index (κ1) is 13.6. The Kier molecular flexibility index (Phi) is 4.22. The molecule has 2 aromatic rings. The van der Waals surface area contributed by atoms with E-state index in [0.717, 1.165) is 23.6 Å². The van der Waals surface area contributed by atoms with E-state index in [1.54, 1.807) is 7.11 Å². The van der Waals surface area contributed by atoms with Gasteiger partial charge in [0.15, 0.2) is 0 Å². The third kappa shape index (κ3) is 2.96. The first-order valence-electron chi connectivity index (χ1n) is 6.51. The fraction of sp³-hybridized carbons (Fsp3) is 0.400. The summed E-state index contributed by atoms with van der Waals surface area (Å²) in [5.74, 6) is 1.27. The van der Waals surface area contributed by atoms with Crippen LogP contribution in [0, 0.1) is 5.92 Å². The fourth-order valence-electron chi connectivity index (χ4n) is 2.10. The van der Waals surface area contributed by atoms with Crippen LogP contribution in [0.4, 0.5) is 0 Å². The molecule has 4 nitrogen and oxygen atoms in total. The third-order valence-corrected chi connectivity index (χ3v) is 3.34. The van der Waals surface area contributed by atoms with Crippen molar-refractivity contribution >= 4 is 0 Å². The zero-order valence-electron chi connectivity index (χ0n) is 11.7. The second-order valence-electron chi connectivity index (χ2n) is 5.03. The van der Waals surface area contributed by atoms with Crippen molar-refractivity contribution in [1.82, 2.24) is 9.55 Å². The molecule has 0 spiro atoms. The van der Waals surface area contributed by atoms with E-state index in [-0.39, 0.29) is 6.04 Å². The molecule has 1 atom stereocenters. The van der Waals surface area contributed by atoms with Gasteiger partial charge in [-0.25, -0.2) is 4.98 Å². The molecule has 0 amide bonds. The van der Waals surface area contributed by atoms with Gasteiger partial charge in [0.05, 0.1) is 25.7 Å². The van der Waals surface area contributed by atoms with Gasteiger partial charge in [0, 0.05) is 17.8 Å². The number of hydrogen-bond acceptors (Lipinski definition) is 3. The lowest BCUT2D eigenvalue weighted by Crippen LogP contribution is -2.20. The predicted molar refractivity (Wildman–Crippen MR) is 76.1 cm³/mol. The van der Waals surface area contributed by atoms with E-state index in [1.165, 1.54) is 0 Å². The van der Waals surface area contributed by atoms with E-state index < -0.39 is 0 Å². The summed E-state index contributed by atoms with van der Waals surface area (Å²) in [5.41, 5.74) is 8.40. The summed E-state index contributed by atoms with van der Waals surface area (Å²) >= 11 is 0.